The Kier molecular flexibility index (Phi) is 6.99. The fourth-order valence-electron chi connectivity index (χ4n) is 2.43. The monoisotopic (exact) mass is 403 g/mol. The molecule has 0 bridgehead atoms. The number of nitrogens with one attached hydrogen (secondary N) is 1. The molecule has 0 heterocycles. The topological polar surface area (TPSA) is 81.7 Å². The van der Waals surface area contributed by atoms with Crippen LogP contribution in [-0.2, 0) is 14.8 Å². The maximum absolute atomic E-state index is 12.7. The highest BCUT2D eigenvalue weighted by atomic mass is 32.2. The summed E-state index contributed by atoms with van der Waals surface area (Å²) in [5.74, 6) is -0.468. The van der Waals surface area contributed by atoms with Crippen LogP contribution in [0.3, 0.4) is 0 Å². The van der Waals surface area contributed by atoms with Crippen molar-refractivity contribution < 1.29 is 22.7 Å². The van der Waals surface area contributed by atoms with Gasteiger partial charge in [-0.2, -0.15) is 0 Å². The molecule has 0 spiro atoms. The highest BCUT2D eigenvalue weighted by Crippen LogP contribution is 2.26. The first-order chi connectivity index (χ1) is 13.1. The van der Waals surface area contributed by atoms with Gasteiger partial charge in [-0.25, -0.2) is 17.9 Å². The van der Waals surface area contributed by atoms with Crippen LogP contribution in [0.1, 0.15) is 36.7 Å². The number of benzene rings is 2. The van der Waals surface area contributed by atoms with Gasteiger partial charge < -0.3 is 9.47 Å². The summed E-state index contributed by atoms with van der Waals surface area (Å²) in [5, 5.41) is 0. The number of carbonyl (C=O) groups is 1. The van der Waals surface area contributed by atoms with Crippen molar-refractivity contribution in [1.29, 1.82) is 0 Å². The molecule has 150 valence electrons. The molecule has 0 aliphatic heterocycles. The van der Waals surface area contributed by atoms with Gasteiger partial charge in [-0.05, 0) is 50.6 Å². The fraction of sp³-hybridized carbons (Fsp3) is 0.286. The van der Waals surface area contributed by atoms with Gasteiger partial charge in [-0.3, -0.25) is 0 Å². The first kappa shape index (κ1) is 21.7. The minimum absolute atomic E-state index is 0.0715. The number of rotatable bonds is 7. The molecule has 0 saturated heterocycles. The van der Waals surface area contributed by atoms with E-state index in [0.717, 1.165) is 5.56 Å². The summed E-state index contributed by atoms with van der Waals surface area (Å²) in [6.07, 6.45) is 3.56. The van der Waals surface area contributed by atoms with Crippen LogP contribution in [0.5, 0.6) is 5.75 Å². The summed E-state index contributed by atoms with van der Waals surface area (Å²) >= 11 is 0. The smallest absolute Gasteiger partial charge is 0.338 e. The predicted molar refractivity (Wildman–Crippen MR) is 109 cm³/mol. The molecule has 0 atom stereocenters. The molecular formula is C21H25NO5S. The summed E-state index contributed by atoms with van der Waals surface area (Å²) in [4.78, 5) is 12.2. The van der Waals surface area contributed by atoms with Crippen LogP contribution < -0.4 is 9.46 Å². The molecule has 0 aromatic heterocycles. The van der Waals surface area contributed by atoms with E-state index in [0.29, 0.717) is 0 Å². The maximum Gasteiger partial charge on any atom is 0.338 e. The van der Waals surface area contributed by atoms with E-state index in [1.807, 2.05) is 36.4 Å². The van der Waals surface area contributed by atoms with Gasteiger partial charge in [0.15, 0.2) is 0 Å². The zero-order valence-corrected chi connectivity index (χ0v) is 17.2. The van der Waals surface area contributed by atoms with Crippen LogP contribution in [0.15, 0.2) is 59.5 Å². The van der Waals surface area contributed by atoms with Crippen molar-refractivity contribution in [1.82, 2.24) is 4.72 Å². The molecular weight excluding hydrogens is 378 g/mol. The molecule has 28 heavy (non-hydrogen) atoms. The number of sulfonamides is 1. The highest BCUT2D eigenvalue weighted by Gasteiger charge is 2.26. The van der Waals surface area contributed by atoms with Crippen LogP contribution in [0.4, 0.5) is 0 Å². The molecule has 0 unspecified atom stereocenters. The highest BCUT2D eigenvalue weighted by molar-refractivity contribution is 7.89. The maximum atomic E-state index is 12.7. The van der Waals surface area contributed by atoms with Crippen LogP contribution in [0.25, 0.3) is 6.08 Å². The van der Waals surface area contributed by atoms with Gasteiger partial charge in [-0.1, -0.05) is 36.4 Å². The average molecular weight is 404 g/mol. The Bertz CT molecular complexity index is 945. The molecule has 2 aromatic rings. The summed E-state index contributed by atoms with van der Waals surface area (Å²) in [6.45, 7) is 5.26. The summed E-state index contributed by atoms with van der Waals surface area (Å²) in [6, 6.07) is 13.8. The quantitative estimate of drug-likeness (QED) is 0.714. The van der Waals surface area contributed by atoms with Crippen LogP contribution in [-0.4, -0.2) is 33.6 Å². The van der Waals surface area contributed by atoms with Gasteiger partial charge in [0.25, 0.3) is 0 Å². The van der Waals surface area contributed by atoms with E-state index in [2.05, 4.69) is 4.72 Å². The Morgan fingerprint density at radius 2 is 1.79 bits per heavy atom. The molecule has 0 saturated carbocycles. The second-order valence-electron chi connectivity index (χ2n) is 7.13. The van der Waals surface area contributed by atoms with Crippen molar-refractivity contribution in [2.45, 2.75) is 31.2 Å². The van der Waals surface area contributed by atoms with Gasteiger partial charge in [-0.15, -0.1) is 0 Å². The van der Waals surface area contributed by atoms with Crippen molar-refractivity contribution in [3.8, 4) is 5.75 Å². The van der Waals surface area contributed by atoms with E-state index >= 15 is 0 Å². The predicted octanol–water partition coefficient (Wildman–Crippen LogP) is 3.64. The number of hydrogen-bond acceptors (Lipinski definition) is 5. The zero-order chi connectivity index (χ0) is 20.8. The first-order valence-electron chi connectivity index (χ1n) is 8.73. The Balaban J connectivity index is 2.15. The third-order valence-electron chi connectivity index (χ3n) is 3.55. The van der Waals surface area contributed by atoms with Gasteiger partial charge in [0.05, 0.1) is 12.7 Å². The molecule has 6 nitrogen and oxygen atoms in total. The second-order valence-corrected chi connectivity index (χ2v) is 8.78. The summed E-state index contributed by atoms with van der Waals surface area (Å²) in [5.41, 5.74) is 0.440. The lowest BCUT2D eigenvalue weighted by molar-refractivity contribution is 0.0549. The van der Waals surface area contributed by atoms with Crippen molar-refractivity contribution in [2.24, 2.45) is 0 Å². The van der Waals surface area contributed by atoms with E-state index in [1.165, 1.54) is 25.3 Å². The molecule has 2 aromatic carbocycles. The number of hydrogen-bond donors (Lipinski definition) is 1. The minimum Gasteiger partial charge on any atom is -0.495 e. The lowest BCUT2D eigenvalue weighted by atomic mass is 10.1. The third-order valence-corrected chi connectivity index (χ3v) is 5.33. The summed E-state index contributed by atoms with van der Waals surface area (Å²) < 4.78 is 38.2. The van der Waals surface area contributed by atoms with Gasteiger partial charge >= 0.3 is 5.97 Å². The lowest BCUT2D eigenvalue weighted by Crippen LogP contribution is -2.40. The Morgan fingerprint density at radius 3 is 2.39 bits per heavy atom. The second kappa shape index (κ2) is 9.03. The molecule has 0 amide bonds. The molecule has 7 heteroatoms. The van der Waals surface area contributed by atoms with Gasteiger partial charge in [0, 0.05) is 5.54 Å². The number of ether oxygens (including phenoxy) is 2. The van der Waals surface area contributed by atoms with E-state index in [4.69, 9.17) is 9.47 Å². The summed E-state index contributed by atoms with van der Waals surface area (Å²) in [7, 11) is -2.50. The van der Waals surface area contributed by atoms with Crippen LogP contribution in [0, 0.1) is 0 Å². The SMILES string of the molecule is COc1ccc(C(=O)OC/C=C/c2ccccc2)cc1S(=O)(=O)NC(C)(C)C. The van der Waals surface area contributed by atoms with Crippen molar-refractivity contribution >= 4 is 22.1 Å². The third kappa shape index (κ3) is 6.21. The van der Waals surface area contributed by atoms with Crippen molar-refractivity contribution in [3.05, 3.63) is 65.7 Å². The minimum atomic E-state index is -3.87. The van der Waals surface area contributed by atoms with Crippen molar-refractivity contribution in [2.75, 3.05) is 13.7 Å². The zero-order valence-electron chi connectivity index (χ0n) is 16.4. The number of carbonyl (C=O) groups excluding carboxylic acids is 1. The van der Waals surface area contributed by atoms with Crippen LogP contribution in [0.2, 0.25) is 0 Å². The Hall–Kier alpha value is -2.64. The van der Waals surface area contributed by atoms with E-state index in [-0.39, 0.29) is 22.8 Å². The van der Waals surface area contributed by atoms with E-state index in [1.54, 1.807) is 26.8 Å². The van der Waals surface area contributed by atoms with Crippen LogP contribution >= 0.6 is 0 Å². The Labute approximate surface area is 166 Å². The first-order valence-corrected chi connectivity index (χ1v) is 10.2. The molecule has 0 aliphatic carbocycles. The van der Waals surface area contributed by atoms with Crippen molar-refractivity contribution in [3.63, 3.8) is 0 Å². The largest absolute Gasteiger partial charge is 0.495 e. The average Bonchev–Trinajstić information content (AvgIpc) is 2.63. The van der Waals surface area contributed by atoms with Gasteiger partial charge in [0.1, 0.15) is 17.3 Å². The Morgan fingerprint density at radius 1 is 1.11 bits per heavy atom. The fourth-order valence-corrected chi connectivity index (χ4v) is 4.04. The standard InChI is InChI=1S/C21H25NO5S/c1-21(2,3)22-28(24,25)19-15-17(12-13-18(19)26-4)20(23)27-14-8-11-16-9-6-5-7-10-16/h5-13,15,22H,14H2,1-4H3/b11-8+. The lowest BCUT2D eigenvalue weighted by Gasteiger charge is -2.21. The van der Waals surface area contributed by atoms with Gasteiger partial charge in [0.2, 0.25) is 10.0 Å². The molecule has 0 aliphatic rings. The number of methoxy groups -OCH3 is 1. The molecule has 0 radical (unpaired) electrons. The van der Waals surface area contributed by atoms with E-state index in [9.17, 15) is 13.2 Å². The number of esters is 1. The molecule has 2 rings (SSSR count). The normalized spacial score (nSPS) is 12.1. The molecule has 1 N–H and O–H groups in total. The molecule has 0 fully saturated rings. The van der Waals surface area contributed by atoms with E-state index < -0.39 is 21.5 Å².